The highest BCUT2D eigenvalue weighted by Gasteiger charge is 2.16. The third kappa shape index (κ3) is 10.0. The zero-order valence-electron chi connectivity index (χ0n) is 19.3. The molecule has 2 heterocycles. The van der Waals surface area contributed by atoms with Crippen molar-refractivity contribution in [1.82, 2.24) is 10.2 Å². The predicted molar refractivity (Wildman–Crippen MR) is 135 cm³/mol. The van der Waals surface area contributed by atoms with Gasteiger partial charge in [-0.3, -0.25) is 0 Å². The van der Waals surface area contributed by atoms with E-state index in [-0.39, 0.29) is 0 Å². The molecule has 2 aliphatic rings. The maximum Gasteiger partial charge on any atom is 0.129 e. The van der Waals surface area contributed by atoms with E-state index in [4.69, 9.17) is 10.7 Å². The average molecular weight is 419 g/mol. The lowest BCUT2D eigenvalue weighted by Gasteiger charge is -2.14. The van der Waals surface area contributed by atoms with Crippen molar-refractivity contribution in [3.8, 4) is 0 Å². The van der Waals surface area contributed by atoms with Crippen LogP contribution >= 0.6 is 0 Å². The van der Waals surface area contributed by atoms with Crippen molar-refractivity contribution in [1.29, 1.82) is 0 Å². The Bertz CT molecular complexity index is 838. The third-order valence-corrected chi connectivity index (χ3v) is 5.01. The average Bonchev–Trinajstić information content (AvgIpc) is 3.44. The summed E-state index contributed by atoms with van der Waals surface area (Å²) in [5.74, 6) is 1.10. The van der Waals surface area contributed by atoms with Gasteiger partial charge in [-0.25, -0.2) is 4.99 Å². The van der Waals surface area contributed by atoms with E-state index in [2.05, 4.69) is 71.8 Å². The Morgan fingerprint density at radius 1 is 1.10 bits per heavy atom. The highest BCUT2D eigenvalue weighted by molar-refractivity contribution is 5.96. The van der Waals surface area contributed by atoms with Gasteiger partial charge in [-0.2, -0.15) is 0 Å². The van der Waals surface area contributed by atoms with Crippen LogP contribution in [0, 0.1) is 0 Å². The minimum Gasteiger partial charge on any atom is -0.401 e. The van der Waals surface area contributed by atoms with Crippen LogP contribution in [0.1, 0.15) is 52.9 Å². The van der Waals surface area contributed by atoms with Crippen molar-refractivity contribution >= 4 is 5.84 Å². The van der Waals surface area contributed by atoms with Crippen molar-refractivity contribution in [3.05, 3.63) is 95.7 Å². The maximum absolute atomic E-state index is 6.10. The predicted octanol–water partition coefficient (Wildman–Crippen LogP) is 6.03. The summed E-state index contributed by atoms with van der Waals surface area (Å²) < 4.78 is 0. The van der Waals surface area contributed by atoms with Crippen LogP contribution in [0.3, 0.4) is 0 Å². The number of nitrogens with zero attached hydrogens (tertiary/aromatic N) is 2. The van der Waals surface area contributed by atoms with Crippen LogP contribution in [-0.2, 0) is 0 Å². The Labute approximate surface area is 188 Å². The van der Waals surface area contributed by atoms with Crippen molar-refractivity contribution < 1.29 is 0 Å². The zero-order chi connectivity index (χ0) is 22.3. The molecule has 0 saturated carbocycles. The number of hydrogen-bond acceptors (Lipinski definition) is 4. The number of allylic oxidation sites excluding steroid dienone is 13. The van der Waals surface area contributed by atoms with Gasteiger partial charge in [-0.15, -0.1) is 0 Å². The first-order chi connectivity index (χ1) is 15.1. The van der Waals surface area contributed by atoms with Gasteiger partial charge in [0.2, 0.25) is 0 Å². The highest BCUT2D eigenvalue weighted by Crippen LogP contribution is 2.17. The lowest BCUT2D eigenvalue weighted by atomic mass is 10.2. The van der Waals surface area contributed by atoms with Crippen molar-refractivity contribution in [2.45, 2.75) is 52.9 Å². The summed E-state index contributed by atoms with van der Waals surface area (Å²) in [6.07, 6.45) is 30.3. The molecule has 0 atom stereocenters. The molecule has 0 spiro atoms. The molecule has 0 aliphatic carbocycles. The fourth-order valence-corrected chi connectivity index (χ4v) is 3.24. The second-order valence-electron chi connectivity index (χ2n) is 7.89. The number of nitrogens with two attached hydrogens (primary N) is 1. The largest absolute Gasteiger partial charge is 0.401 e. The number of hydrogen-bond donors (Lipinski definition) is 2. The molecule has 4 heteroatoms. The summed E-state index contributed by atoms with van der Waals surface area (Å²) in [5.41, 5.74) is 10.2. The summed E-state index contributed by atoms with van der Waals surface area (Å²) in [6, 6.07) is 0. The molecular weight excluding hydrogens is 380 g/mol. The molecule has 0 aromatic carbocycles. The smallest absolute Gasteiger partial charge is 0.129 e. The van der Waals surface area contributed by atoms with E-state index in [1.54, 1.807) is 0 Å². The van der Waals surface area contributed by atoms with E-state index in [1.165, 1.54) is 12.8 Å². The Balaban J connectivity index is 1.75. The Morgan fingerprint density at radius 3 is 2.68 bits per heavy atom. The Hall–Kier alpha value is -3.01. The van der Waals surface area contributed by atoms with Crippen LogP contribution < -0.4 is 11.1 Å². The molecule has 1 saturated heterocycles. The molecule has 2 aliphatic heterocycles. The number of likely N-dealkylation sites (tertiary alicyclic amines) is 1. The molecule has 1 fully saturated rings. The molecule has 0 amide bonds. The molecule has 4 nitrogen and oxygen atoms in total. The first-order valence-corrected chi connectivity index (χ1v) is 11.3. The molecule has 0 aromatic heterocycles. The molecule has 166 valence electrons. The standard InChI is InChI=1S/C27H38N4/c1-4-5-6-7-8-9-10-11-14-25(28)22-29-24(3)16-15-23(2)21-26-17-18-27(30-26)31-19-12-13-20-31/h4-7,9-10,15-18,21-22,29H,8,11-14,19-20,28H2,1-3H3/b5-4-,7-6?,10-9+,23-15+,24-16+,25-22-,26-21-. The van der Waals surface area contributed by atoms with Crippen LogP contribution in [0.2, 0.25) is 0 Å². The molecule has 0 unspecified atom stereocenters. The number of aliphatic imine (C=N–C) groups is 1. The summed E-state index contributed by atoms with van der Waals surface area (Å²) in [5, 5.41) is 3.27. The second kappa shape index (κ2) is 14.1. The maximum atomic E-state index is 6.10. The molecule has 0 bridgehead atoms. The first kappa shape index (κ1) is 24.3. The highest BCUT2D eigenvalue weighted by atomic mass is 15.2. The fourth-order valence-electron chi connectivity index (χ4n) is 3.24. The summed E-state index contributed by atoms with van der Waals surface area (Å²) in [4.78, 5) is 7.09. The summed E-state index contributed by atoms with van der Waals surface area (Å²) in [6.45, 7) is 8.40. The van der Waals surface area contributed by atoms with E-state index in [0.29, 0.717) is 0 Å². The number of nitrogens with one attached hydrogen (secondary N) is 1. The minimum atomic E-state index is 0.847. The van der Waals surface area contributed by atoms with Gasteiger partial charge >= 0.3 is 0 Å². The van der Waals surface area contributed by atoms with E-state index in [1.807, 2.05) is 32.2 Å². The van der Waals surface area contributed by atoms with E-state index in [0.717, 1.165) is 60.9 Å². The molecular formula is C27H38N4. The molecule has 0 aromatic rings. The molecule has 2 rings (SSSR count). The van der Waals surface area contributed by atoms with Gasteiger partial charge < -0.3 is 16.0 Å². The lowest BCUT2D eigenvalue weighted by molar-refractivity contribution is 0.523. The Kier molecular flexibility index (Phi) is 11.0. The van der Waals surface area contributed by atoms with Gasteiger partial charge in [-0.05, 0) is 82.8 Å². The van der Waals surface area contributed by atoms with E-state index in [9.17, 15) is 0 Å². The second-order valence-corrected chi connectivity index (χ2v) is 7.89. The minimum absolute atomic E-state index is 0.847. The van der Waals surface area contributed by atoms with Crippen molar-refractivity contribution in [2.24, 2.45) is 10.7 Å². The monoisotopic (exact) mass is 418 g/mol. The lowest BCUT2D eigenvalue weighted by Crippen LogP contribution is -2.24. The number of rotatable bonds is 10. The fraction of sp³-hybridized carbons (Fsp3) is 0.370. The third-order valence-electron chi connectivity index (χ3n) is 5.01. The van der Waals surface area contributed by atoms with Crippen molar-refractivity contribution in [3.63, 3.8) is 0 Å². The van der Waals surface area contributed by atoms with Crippen LogP contribution in [0.25, 0.3) is 0 Å². The summed E-state index contributed by atoms with van der Waals surface area (Å²) >= 11 is 0. The van der Waals surface area contributed by atoms with Crippen LogP contribution in [0.15, 0.2) is 101 Å². The normalized spacial score (nSPS) is 19.7. The van der Waals surface area contributed by atoms with Gasteiger partial charge in [0, 0.05) is 30.7 Å². The van der Waals surface area contributed by atoms with Crippen LogP contribution in [0.5, 0.6) is 0 Å². The van der Waals surface area contributed by atoms with Gasteiger partial charge in [0.15, 0.2) is 0 Å². The van der Waals surface area contributed by atoms with Gasteiger partial charge in [0.1, 0.15) is 5.84 Å². The molecule has 31 heavy (non-hydrogen) atoms. The topological polar surface area (TPSA) is 53.6 Å². The molecule has 0 radical (unpaired) electrons. The van der Waals surface area contributed by atoms with E-state index < -0.39 is 0 Å². The van der Waals surface area contributed by atoms with Gasteiger partial charge in [0.05, 0.1) is 5.70 Å². The quantitative estimate of drug-likeness (QED) is 0.336. The summed E-state index contributed by atoms with van der Waals surface area (Å²) in [7, 11) is 0. The van der Waals surface area contributed by atoms with Crippen LogP contribution in [-0.4, -0.2) is 23.8 Å². The molecule has 3 N–H and O–H groups in total. The number of amidine groups is 1. The first-order valence-electron chi connectivity index (χ1n) is 11.3. The van der Waals surface area contributed by atoms with Crippen LogP contribution in [0.4, 0.5) is 0 Å². The van der Waals surface area contributed by atoms with Crippen molar-refractivity contribution in [2.75, 3.05) is 13.1 Å². The zero-order valence-corrected chi connectivity index (χ0v) is 19.3. The Morgan fingerprint density at radius 2 is 1.90 bits per heavy atom. The van der Waals surface area contributed by atoms with E-state index >= 15 is 0 Å². The SMILES string of the molecule is C/C=C\C=CC/C=C/CC/C(N)=C/N/C(C)=C/C=C(C)/C=C1/C=CC(N2CCCC2)=N1. The van der Waals surface area contributed by atoms with Gasteiger partial charge in [-0.1, -0.05) is 42.5 Å². The van der Waals surface area contributed by atoms with Gasteiger partial charge in [0.25, 0.3) is 0 Å².